The van der Waals surface area contributed by atoms with Crippen LogP contribution in [0.3, 0.4) is 0 Å². The fourth-order valence-electron chi connectivity index (χ4n) is 1.83. The molecule has 1 aliphatic heterocycles. The zero-order valence-electron chi connectivity index (χ0n) is 9.21. The normalized spacial score (nSPS) is 17.8. The van der Waals surface area contributed by atoms with Gasteiger partial charge >= 0.3 is 0 Å². The first-order valence-corrected chi connectivity index (χ1v) is 5.75. The number of halogens is 1. The average molecular weight is 288 g/mol. The standard InChI is InChI=1S/C11H14BrNO3/c1-15-9-4-7(12)3-8(10(9)16-2)11(14)5-13-6-11/h3-4,13-14H,5-6H2,1-2H3. The van der Waals surface area contributed by atoms with Crippen molar-refractivity contribution < 1.29 is 14.6 Å². The number of nitrogens with one attached hydrogen (secondary N) is 1. The third-order valence-electron chi connectivity index (χ3n) is 2.78. The Morgan fingerprint density at radius 2 is 2.00 bits per heavy atom. The lowest BCUT2D eigenvalue weighted by molar-refractivity contribution is -0.0167. The van der Waals surface area contributed by atoms with Crippen LogP contribution in [0.1, 0.15) is 5.56 Å². The molecule has 2 N–H and O–H groups in total. The minimum Gasteiger partial charge on any atom is -0.493 e. The van der Waals surface area contributed by atoms with Crippen LogP contribution in [-0.4, -0.2) is 32.4 Å². The molecule has 16 heavy (non-hydrogen) atoms. The summed E-state index contributed by atoms with van der Waals surface area (Å²) >= 11 is 3.40. The van der Waals surface area contributed by atoms with Crippen molar-refractivity contribution in [2.24, 2.45) is 0 Å². The van der Waals surface area contributed by atoms with Crippen LogP contribution in [0, 0.1) is 0 Å². The molecule has 0 bridgehead atoms. The molecular formula is C11H14BrNO3. The lowest BCUT2D eigenvalue weighted by Gasteiger charge is -2.39. The van der Waals surface area contributed by atoms with Crippen LogP contribution in [0.15, 0.2) is 16.6 Å². The van der Waals surface area contributed by atoms with E-state index >= 15 is 0 Å². The Morgan fingerprint density at radius 3 is 2.44 bits per heavy atom. The number of methoxy groups -OCH3 is 2. The number of hydrogen-bond acceptors (Lipinski definition) is 4. The first-order chi connectivity index (χ1) is 7.60. The van der Waals surface area contributed by atoms with Crippen molar-refractivity contribution in [1.82, 2.24) is 5.32 Å². The second-order valence-electron chi connectivity index (χ2n) is 3.82. The van der Waals surface area contributed by atoms with E-state index in [0.717, 1.165) is 10.0 Å². The van der Waals surface area contributed by atoms with E-state index in [-0.39, 0.29) is 0 Å². The van der Waals surface area contributed by atoms with Crippen LogP contribution in [-0.2, 0) is 5.60 Å². The van der Waals surface area contributed by atoms with Crippen molar-refractivity contribution in [2.45, 2.75) is 5.60 Å². The van der Waals surface area contributed by atoms with Crippen molar-refractivity contribution in [1.29, 1.82) is 0 Å². The molecule has 2 rings (SSSR count). The van der Waals surface area contributed by atoms with Gasteiger partial charge in [-0.1, -0.05) is 15.9 Å². The van der Waals surface area contributed by atoms with Crippen LogP contribution in [0.2, 0.25) is 0 Å². The van der Waals surface area contributed by atoms with Gasteiger partial charge in [-0.25, -0.2) is 0 Å². The number of rotatable bonds is 3. The van der Waals surface area contributed by atoms with Gasteiger partial charge in [0.15, 0.2) is 11.5 Å². The van der Waals surface area contributed by atoms with E-state index in [4.69, 9.17) is 9.47 Å². The molecule has 0 aliphatic carbocycles. The molecular weight excluding hydrogens is 274 g/mol. The first-order valence-electron chi connectivity index (χ1n) is 4.96. The Bertz CT molecular complexity index is 404. The maximum atomic E-state index is 10.3. The lowest BCUT2D eigenvalue weighted by Crippen LogP contribution is -2.56. The highest BCUT2D eigenvalue weighted by molar-refractivity contribution is 9.10. The Kier molecular flexibility index (Phi) is 3.10. The molecule has 0 unspecified atom stereocenters. The molecule has 0 radical (unpaired) electrons. The van der Waals surface area contributed by atoms with Gasteiger partial charge in [0, 0.05) is 23.1 Å². The largest absolute Gasteiger partial charge is 0.493 e. The highest BCUT2D eigenvalue weighted by Crippen LogP contribution is 2.41. The third-order valence-corrected chi connectivity index (χ3v) is 3.24. The molecule has 88 valence electrons. The van der Waals surface area contributed by atoms with Crippen molar-refractivity contribution in [2.75, 3.05) is 27.3 Å². The molecule has 0 saturated carbocycles. The molecule has 1 fully saturated rings. The first kappa shape index (κ1) is 11.7. The summed E-state index contributed by atoms with van der Waals surface area (Å²) in [6.45, 7) is 1.06. The maximum absolute atomic E-state index is 10.3. The Balaban J connectivity index is 2.53. The van der Waals surface area contributed by atoms with E-state index in [1.54, 1.807) is 14.2 Å². The van der Waals surface area contributed by atoms with Gasteiger partial charge in [0.25, 0.3) is 0 Å². The smallest absolute Gasteiger partial charge is 0.166 e. The summed E-state index contributed by atoms with van der Waals surface area (Å²) < 4.78 is 11.4. The van der Waals surface area contributed by atoms with Crippen molar-refractivity contribution in [3.05, 3.63) is 22.2 Å². The minimum atomic E-state index is -0.859. The van der Waals surface area contributed by atoms with E-state index in [2.05, 4.69) is 21.2 Å². The SMILES string of the molecule is COc1cc(Br)cc(C2(O)CNC2)c1OC. The quantitative estimate of drug-likeness (QED) is 0.879. The second kappa shape index (κ2) is 4.24. The van der Waals surface area contributed by atoms with Gasteiger partial charge < -0.3 is 19.9 Å². The summed E-state index contributed by atoms with van der Waals surface area (Å²) in [6, 6.07) is 3.68. The van der Waals surface area contributed by atoms with Crippen molar-refractivity contribution in [3.63, 3.8) is 0 Å². The van der Waals surface area contributed by atoms with Crippen LogP contribution in [0.5, 0.6) is 11.5 Å². The van der Waals surface area contributed by atoms with Crippen LogP contribution in [0.25, 0.3) is 0 Å². The molecule has 0 spiro atoms. The second-order valence-corrected chi connectivity index (χ2v) is 4.74. The molecule has 4 nitrogen and oxygen atoms in total. The van der Waals surface area contributed by atoms with Crippen molar-refractivity contribution in [3.8, 4) is 11.5 Å². The van der Waals surface area contributed by atoms with Gasteiger partial charge in [0.2, 0.25) is 0 Å². The summed E-state index contributed by atoms with van der Waals surface area (Å²) in [7, 11) is 3.15. The summed E-state index contributed by atoms with van der Waals surface area (Å²) in [5, 5.41) is 13.4. The van der Waals surface area contributed by atoms with Crippen LogP contribution >= 0.6 is 15.9 Å². The molecule has 0 amide bonds. The van der Waals surface area contributed by atoms with Crippen LogP contribution in [0.4, 0.5) is 0 Å². The van der Waals surface area contributed by atoms with E-state index in [0.29, 0.717) is 24.6 Å². The summed E-state index contributed by atoms with van der Waals surface area (Å²) in [5.74, 6) is 1.21. The number of benzene rings is 1. The lowest BCUT2D eigenvalue weighted by atomic mass is 9.87. The highest BCUT2D eigenvalue weighted by Gasteiger charge is 2.39. The van der Waals surface area contributed by atoms with E-state index in [1.165, 1.54) is 0 Å². The molecule has 1 saturated heterocycles. The Hall–Kier alpha value is -0.780. The van der Waals surface area contributed by atoms with E-state index in [1.807, 2.05) is 12.1 Å². The molecule has 1 heterocycles. The van der Waals surface area contributed by atoms with Gasteiger partial charge in [0.1, 0.15) is 5.60 Å². The number of aliphatic hydroxyl groups is 1. The predicted molar refractivity (Wildman–Crippen MR) is 64.0 cm³/mol. The highest BCUT2D eigenvalue weighted by atomic mass is 79.9. The fourth-order valence-corrected chi connectivity index (χ4v) is 2.27. The van der Waals surface area contributed by atoms with Gasteiger partial charge in [-0.15, -0.1) is 0 Å². The molecule has 0 aromatic heterocycles. The number of ether oxygens (including phenoxy) is 2. The monoisotopic (exact) mass is 287 g/mol. The average Bonchev–Trinajstić information content (AvgIpc) is 2.24. The summed E-state index contributed by atoms with van der Waals surface area (Å²) in [4.78, 5) is 0. The number of hydrogen-bond donors (Lipinski definition) is 2. The summed E-state index contributed by atoms with van der Waals surface area (Å²) in [5.41, 5.74) is -0.109. The van der Waals surface area contributed by atoms with Gasteiger partial charge in [-0.2, -0.15) is 0 Å². The maximum Gasteiger partial charge on any atom is 0.166 e. The topological polar surface area (TPSA) is 50.7 Å². The van der Waals surface area contributed by atoms with E-state index in [9.17, 15) is 5.11 Å². The number of β-amino-alcohol motifs (C(OH)–C–C–N with tert-alkyl or cyclic N) is 1. The van der Waals surface area contributed by atoms with E-state index < -0.39 is 5.60 Å². The van der Waals surface area contributed by atoms with Crippen LogP contribution < -0.4 is 14.8 Å². The summed E-state index contributed by atoms with van der Waals surface area (Å²) in [6.07, 6.45) is 0. The van der Waals surface area contributed by atoms with Gasteiger partial charge in [-0.3, -0.25) is 0 Å². The fraction of sp³-hybridized carbons (Fsp3) is 0.455. The Morgan fingerprint density at radius 1 is 1.31 bits per heavy atom. The zero-order chi connectivity index (χ0) is 11.8. The molecule has 0 atom stereocenters. The van der Waals surface area contributed by atoms with Crippen molar-refractivity contribution >= 4 is 15.9 Å². The molecule has 1 aliphatic rings. The molecule has 1 aromatic carbocycles. The zero-order valence-corrected chi connectivity index (χ0v) is 10.8. The van der Waals surface area contributed by atoms with Gasteiger partial charge in [-0.05, 0) is 12.1 Å². The minimum absolute atomic E-state index is 0.531. The molecule has 5 heteroatoms. The Labute approximate surface area is 103 Å². The van der Waals surface area contributed by atoms with Gasteiger partial charge in [0.05, 0.1) is 14.2 Å². The molecule has 1 aromatic rings. The third kappa shape index (κ3) is 1.79. The predicted octanol–water partition coefficient (Wildman–Crippen LogP) is 1.26.